The lowest BCUT2D eigenvalue weighted by atomic mass is 10.0. The summed E-state index contributed by atoms with van der Waals surface area (Å²) in [5.74, 6) is 10.8. The van der Waals surface area contributed by atoms with Gasteiger partial charge in [0.1, 0.15) is 5.82 Å². The molecule has 0 heterocycles. The zero-order chi connectivity index (χ0) is 11.3. The quantitative estimate of drug-likeness (QED) is 0.503. The molecule has 0 saturated heterocycles. The van der Waals surface area contributed by atoms with E-state index < -0.39 is 0 Å². The molecule has 0 saturated carbocycles. The maximum atomic E-state index is 13.0. The van der Waals surface area contributed by atoms with Crippen LogP contribution in [0.1, 0.15) is 24.9 Å². The molecule has 0 fully saturated rings. The van der Waals surface area contributed by atoms with Crippen molar-refractivity contribution in [3.8, 4) is 11.8 Å². The molecule has 15 heavy (non-hydrogen) atoms. The zero-order valence-corrected chi connectivity index (χ0v) is 9.94. The lowest BCUT2D eigenvalue weighted by Crippen LogP contribution is -2.28. The van der Waals surface area contributed by atoms with E-state index in [1.807, 2.05) is 0 Å². The number of nitrogens with two attached hydrogens (primary N) is 1. The van der Waals surface area contributed by atoms with Crippen molar-refractivity contribution >= 4 is 15.9 Å². The highest BCUT2D eigenvalue weighted by Crippen LogP contribution is 2.25. The first kappa shape index (κ1) is 12.2. The molecule has 0 spiro atoms. The first-order valence-corrected chi connectivity index (χ1v) is 5.29. The summed E-state index contributed by atoms with van der Waals surface area (Å²) in [6.45, 7) is 1.76. The van der Waals surface area contributed by atoms with Crippen LogP contribution in [0.4, 0.5) is 4.39 Å². The minimum atomic E-state index is -0.280. The fourth-order valence-corrected chi connectivity index (χ4v) is 1.77. The molecule has 3 N–H and O–H groups in total. The van der Waals surface area contributed by atoms with Gasteiger partial charge in [-0.2, -0.15) is 0 Å². The second-order valence-electron chi connectivity index (χ2n) is 3.02. The topological polar surface area (TPSA) is 38.0 Å². The van der Waals surface area contributed by atoms with Crippen molar-refractivity contribution in [3.05, 3.63) is 34.1 Å². The van der Waals surface area contributed by atoms with E-state index in [9.17, 15) is 4.39 Å². The molecule has 1 aromatic rings. The number of benzene rings is 1. The van der Waals surface area contributed by atoms with Gasteiger partial charge in [0, 0.05) is 10.9 Å². The maximum absolute atomic E-state index is 13.0. The zero-order valence-electron chi connectivity index (χ0n) is 8.35. The van der Waals surface area contributed by atoms with Gasteiger partial charge in [-0.25, -0.2) is 4.39 Å². The van der Waals surface area contributed by atoms with Gasteiger partial charge in [0.25, 0.3) is 0 Å². The van der Waals surface area contributed by atoms with Crippen LogP contribution in [-0.2, 0) is 0 Å². The Balaban J connectivity index is 2.98. The molecule has 0 bridgehead atoms. The molecule has 80 valence electrons. The smallest absolute Gasteiger partial charge is 0.123 e. The molecule has 0 aliphatic carbocycles. The summed E-state index contributed by atoms with van der Waals surface area (Å²) >= 11 is 3.35. The summed E-state index contributed by atoms with van der Waals surface area (Å²) < 4.78 is 13.9. The van der Waals surface area contributed by atoms with Gasteiger partial charge >= 0.3 is 0 Å². The van der Waals surface area contributed by atoms with E-state index in [0.717, 1.165) is 10.0 Å². The van der Waals surface area contributed by atoms with Crippen molar-refractivity contribution in [1.82, 2.24) is 5.43 Å². The van der Waals surface area contributed by atoms with Crippen molar-refractivity contribution in [1.29, 1.82) is 0 Å². The summed E-state index contributed by atoms with van der Waals surface area (Å²) in [4.78, 5) is 0. The molecular formula is C11H12BrFN2. The van der Waals surface area contributed by atoms with Crippen molar-refractivity contribution in [3.63, 3.8) is 0 Å². The normalized spacial score (nSPS) is 11.7. The molecule has 0 aromatic heterocycles. The standard InChI is InChI=1S/C11H12BrFN2/c1-2-3-4-11(15-14)9-7-8(13)5-6-10(9)12/h5-7,11,15H,4,14H2,1H3. The third kappa shape index (κ3) is 3.31. The minimum absolute atomic E-state index is 0.164. The van der Waals surface area contributed by atoms with Crippen molar-refractivity contribution in [2.24, 2.45) is 5.84 Å². The van der Waals surface area contributed by atoms with E-state index >= 15 is 0 Å². The van der Waals surface area contributed by atoms with Gasteiger partial charge in [0.05, 0.1) is 6.04 Å². The number of rotatable bonds is 3. The predicted molar refractivity (Wildman–Crippen MR) is 62.2 cm³/mol. The van der Waals surface area contributed by atoms with Crippen molar-refractivity contribution in [2.45, 2.75) is 19.4 Å². The Labute approximate surface area is 97.1 Å². The largest absolute Gasteiger partial charge is 0.271 e. The van der Waals surface area contributed by atoms with E-state index in [2.05, 4.69) is 33.2 Å². The average molecular weight is 271 g/mol. The Bertz CT molecular complexity index is 395. The predicted octanol–water partition coefficient (Wildman–Crippen LogP) is 2.51. The van der Waals surface area contributed by atoms with Crippen molar-refractivity contribution in [2.75, 3.05) is 0 Å². The SMILES string of the molecule is CC#CCC(NN)c1cc(F)ccc1Br. The Hall–Kier alpha value is -0.890. The van der Waals surface area contributed by atoms with E-state index in [4.69, 9.17) is 5.84 Å². The molecule has 1 atom stereocenters. The second kappa shape index (κ2) is 5.86. The fourth-order valence-electron chi connectivity index (χ4n) is 1.24. The van der Waals surface area contributed by atoms with Gasteiger partial charge < -0.3 is 0 Å². The third-order valence-corrected chi connectivity index (χ3v) is 2.74. The van der Waals surface area contributed by atoms with Crippen LogP contribution in [-0.4, -0.2) is 0 Å². The molecular weight excluding hydrogens is 259 g/mol. The molecule has 1 aromatic carbocycles. The van der Waals surface area contributed by atoms with Crippen LogP contribution >= 0.6 is 15.9 Å². The van der Waals surface area contributed by atoms with E-state index in [-0.39, 0.29) is 11.9 Å². The van der Waals surface area contributed by atoms with Crippen LogP contribution in [0.3, 0.4) is 0 Å². The van der Waals surface area contributed by atoms with Gasteiger partial charge in [-0.15, -0.1) is 11.8 Å². The van der Waals surface area contributed by atoms with E-state index in [1.165, 1.54) is 12.1 Å². The average Bonchev–Trinajstić information content (AvgIpc) is 2.24. The maximum Gasteiger partial charge on any atom is 0.123 e. The molecule has 0 radical (unpaired) electrons. The van der Waals surface area contributed by atoms with Crippen LogP contribution in [0.5, 0.6) is 0 Å². The summed E-state index contributed by atoms with van der Waals surface area (Å²) in [7, 11) is 0. The highest BCUT2D eigenvalue weighted by atomic mass is 79.9. The highest BCUT2D eigenvalue weighted by molar-refractivity contribution is 9.10. The summed E-state index contributed by atoms with van der Waals surface area (Å²) in [5.41, 5.74) is 3.40. The number of nitrogens with one attached hydrogen (secondary N) is 1. The lowest BCUT2D eigenvalue weighted by molar-refractivity contribution is 0.556. The molecule has 0 aliphatic rings. The number of hydrazine groups is 1. The Kier molecular flexibility index (Phi) is 4.76. The first-order valence-electron chi connectivity index (χ1n) is 4.49. The van der Waals surface area contributed by atoms with E-state index in [0.29, 0.717) is 6.42 Å². The van der Waals surface area contributed by atoms with Crippen LogP contribution in [0.15, 0.2) is 22.7 Å². The lowest BCUT2D eigenvalue weighted by Gasteiger charge is -2.15. The monoisotopic (exact) mass is 270 g/mol. The summed E-state index contributed by atoms with van der Waals surface area (Å²) in [6.07, 6.45) is 0.551. The Morgan fingerprint density at radius 2 is 2.33 bits per heavy atom. The van der Waals surface area contributed by atoms with Crippen molar-refractivity contribution < 1.29 is 4.39 Å². The van der Waals surface area contributed by atoms with Gasteiger partial charge in [0.15, 0.2) is 0 Å². The van der Waals surface area contributed by atoms with E-state index in [1.54, 1.807) is 13.0 Å². The molecule has 2 nitrogen and oxygen atoms in total. The highest BCUT2D eigenvalue weighted by Gasteiger charge is 2.12. The fraction of sp³-hybridized carbons (Fsp3) is 0.273. The van der Waals surface area contributed by atoms with Crippen LogP contribution < -0.4 is 11.3 Å². The molecule has 0 amide bonds. The van der Waals surface area contributed by atoms with Crippen LogP contribution in [0.2, 0.25) is 0 Å². The molecule has 0 aliphatic heterocycles. The Morgan fingerprint density at radius 3 is 2.93 bits per heavy atom. The second-order valence-corrected chi connectivity index (χ2v) is 3.87. The number of halogens is 2. The van der Waals surface area contributed by atoms with Gasteiger partial charge in [-0.05, 0) is 30.7 Å². The minimum Gasteiger partial charge on any atom is -0.271 e. The Morgan fingerprint density at radius 1 is 1.60 bits per heavy atom. The molecule has 1 unspecified atom stereocenters. The molecule has 4 heteroatoms. The summed E-state index contributed by atoms with van der Waals surface area (Å²) in [6, 6.07) is 4.34. The van der Waals surface area contributed by atoms with Gasteiger partial charge in [-0.1, -0.05) is 15.9 Å². The first-order chi connectivity index (χ1) is 7.19. The summed E-state index contributed by atoms with van der Waals surface area (Å²) in [5, 5.41) is 0. The third-order valence-electron chi connectivity index (χ3n) is 2.02. The van der Waals surface area contributed by atoms with Gasteiger partial charge in [0.2, 0.25) is 0 Å². The number of hydrogen-bond donors (Lipinski definition) is 2. The van der Waals surface area contributed by atoms with Gasteiger partial charge in [-0.3, -0.25) is 11.3 Å². The molecule has 1 rings (SSSR count). The number of hydrogen-bond acceptors (Lipinski definition) is 2. The van der Waals surface area contributed by atoms with Crippen LogP contribution in [0, 0.1) is 17.7 Å². The van der Waals surface area contributed by atoms with Crippen LogP contribution in [0.25, 0.3) is 0 Å².